The summed E-state index contributed by atoms with van der Waals surface area (Å²) in [5, 5.41) is 19.6. The maximum atomic E-state index is 12.5. The van der Waals surface area contributed by atoms with E-state index in [1.807, 2.05) is 31.2 Å². The van der Waals surface area contributed by atoms with E-state index < -0.39 is 0 Å². The van der Waals surface area contributed by atoms with Crippen LogP contribution in [-0.4, -0.2) is 33.4 Å². The molecule has 2 heterocycles. The minimum absolute atomic E-state index is 0.213. The topological polar surface area (TPSA) is 92.8 Å². The maximum Gasteiger partial charge on any atom is 0.255 e. The van der Waals surface area contributed by atoms with Gasteiger partial charge in [0, 0.05) is 5.56 Å². The quantitative estimate of drug-likeness (QED) is 0.717. The number of nitrogens with zero attached hydrogens (tertiary/aromatic N) is 3. The summed E-state index contributed by atoms with van der Waals surface area (Å²) in [5.41, 5.74) is 1.96. The average Bonchev–Trinajstić information content (AvgIpc) is 3.28. The highest BCUT2D eigenvalue weighted by Crippen LogP contribution is 2.25. The SMILES string of the molecule is CCc1nnc(CNC(=O)c2cn[nH]c2-c2cccc(OC)c2)s1. The summed E-state index contributed by atoms with van der Waals surface area (Å²) in [6.45, 7) is 2.37. The van der Waals surface area contributed by atoms with Crippen LogP contribution in [0, 0.1) is 0 Å². The van der Waals surface area contributed by atoms with Crippen LogP contribution in [0.3, 0.4) is 0 Å². The summed E-state index contributed by atoms with van der Waals surface area (Å²) in [7, 11) is 1.60. The Morgan fingerprint density at radius 3 is 2.92 bits per heavy atom. The van der Waals surface area contributed by atoms with Gasteiger partial charge in [0.2, 0.25) is 0 Å². The summed E-state index contributed by atoms with van der Waals surface area (Å²) in [4.78, 5) is 12.5. The number of hydrogen-bond donors (Lipinski definition) is 2. The molecule has 24 heavy (non-hydrogen) atoms. The number of rotatable bonds is 6. The van der Waals surface area contributed by atoms with Crippen LogP contribution in [-0.2, 0) is 13.0 Å². The molecular formula is C16H17N5O2S. The average molecular weight is 343 g/mol. The van der Waals surface area contributed by atoms with E-state index in [1.54, 1.807) is 7.11 Å². The molecule has 7 nitrogen and oxygen atoms in total. The van der Waals surface area contributed by atoms with E-state index in [4.69, 9.17) is 4.74 Å². The second-order valence-electron chi connectivity index (χ2n) is 5.02. The first-order chi connectivity index (χ1) is 11.7. The van der Waals surface area contributed by atoms with E-state index in [-0.39, 0.29) is 5.91 Å². The molecule has 0 saturated heterocycles. The Balaban J connectivity index is 1.75. The van der Waals surface area contributed by atoms with Gasteiger partial charge in [0.25, 0.3) is 5.91 Å². The number of aromatic nitrogens is 4. The Kier molecular flexibility index (Phi) is 4.85. The van der Waals surface area contributed by atoms with E-state index in [1.165, 1.54) is 17.5 Å². The minimum Gasteiger partial charge on any atom is -0.497 e. The van der Waals surface area contributed by atoms with Crippen LogP contribution in [0.1, 0.15) is 27.3 Å². The fraction of sp³-hybridized carbons (Fsp3) is 0.250. The molecule has 3 rings (SSSR count). The van der Waals surface area contributed by atoms with E-state index in [2.05, 4.69) is 25.7 Å². The molecule has 1 amide bonds. The van der Waals surface area contributed by atoms with Crippen molar-refractivity contribution in [3.63, 3.8) is 0 Å². The molecule has 124 valence electrons. The monoisotopic (exact) mass is 343 g/mol. The van der Waals surface area contributed by atoms with Gasteiger partial charge in [-0.1, -0.05) is 30.4 Å². The minimum atomic E-state index is -0.213. The number of nitrogens with one attached hydrogen (secondary N) is 2. The Bertz CT molecular complexity index is 842. The third-order valence-corrected chi connectivity index (χ3v) is 4.52. The van der Waals surface area contributed by atoms with E-state index in [0.29, 0.717) is 17.8 Å². The van der Waals surface area contributed by atoms with Crippen LogP contribution >= 0.6 is 11.3 Å². The second-order valence-corrected chi connectivity index (χ2v) is 6.16. The number of amides is 1. The Morgan fingerprint density at radius 2 is 2.17 bits per heavy atom. The van der Waals surface area contributed by atoms with Crippen LogP contribution in [0.4, 0.5) is 0 Å². The highest BCUT2D eigenvalue weighted by Gasteiger charge is 2.16. The van der Waals surface area contributed by atoms with E-state index >= 15 is 0 Å². The number of carbonyl (C=O) groups is 1. The zero-order valence-electron chi connectivity index (χ0n) is 13.4. The van der Waals surface area contributed by atoms with Gasteiger partial charge in [0.1, 0.15) is 15.8 Å². The molecule has 0 unspecified atom stereocenters. The normalized spacial score (nSPS) is 10.6. The molecule has 0 bridgehead atoms. The van der Waals surface area contributed by atoms with Crippen molar-refractivity contribution in [1.82, 2.24) is 25.7 Å². The van der Waals surface area contributed by atoms with Gasteiger partial charge in [-0.25, -0.2) is 0 Å². The Hall–Kier alpha value is -2.74. The van der Waals surface area contributed by atoms with Crippen molar-refractivity contribution in [2.45, 2.75) is 19.9 Å². The van der Waals surface area contributed by atoms with E-state index in [0.717, 1.165) is 27.7 Å². The number of methoxy groups -OCH3 is 1. The molecule has 2 N–H and O–H groups in total. The number of aryl methyl sites for hydroxylation is 1. The fourth-order valence-corrected chi connectivity index (χ4v) is 2.93. The maximum absolute atomic E-state index is 12.5. The molecule has 0 fully saturated rings. The summed E-state index contributed by atoms with van der Waals surface area (Å²) < 4.78 is 5.22. The molecule has 0 aliphatic carbocycles. The zero-order valence-corrected chi connectivity index (χ0v) is 14.2. The molecule has 2 aromatic heterocycles. The number of ether oxygens (including phenoxy) is 1. The van der Waals surface area contributed by atoms with Gasteiger partial charge in [0.05, 0.1) is 31.1 Å². The molecular weight excluding hydrogens is 326 g/mol. The van der Waals surface area contributed by atoms with Crippen LogP contribution in [0.25, 0.3) is 11.3 Å². The Morgan fingerprint density at radius 1 is 1.33 bits per heavy atom. The first-order valence-electron chi connectivity index (χ1n) is 7.48. The summed E-state index contributed by atoms with van der Waals surface area (Å²) in [6, 6.07) is 7.46. The van der Waals surface area contributed by atoms with Crippen molar-refractivity contribution >= 4 is 17.2 Å². The van der Waals surface area contributed by atoms with Crippen LogP contribution < -0.4 is 10.1 Å². The van der Waals surface area contributed by atoms with Crippen LogP contribution in [0.5, 0.6) is 5.75 Å². The molecule has 0 spiro atoms. The lowest BCUT2D eigenvalue weighted by Crippen LogP contribution is -2.22. The van der Waals surface area contributed by atoms with Gasteiger partial charge >= 0.3 is 0 Å². The van der Waals surface area contributed by atoms with Gasteiger partial charge in [0.15, 0.2) is 0 Å². The number of H-pyrrole nitrogens is 1. The van der Waals surface area contributed by atoms with Crippen molar-refractivity contribution in [2.24, 2.45) is 0 Å². The van der Waals surface area contributed by atoms with Crippen LogP contribution in [0.2, 0.25) is 0 Å². The number of aromatic amines is 1. The molecule has 0 atom stereocenters. The fourth-order valence-electron chi connectivity index (χ4n) is 2.21. The van der Waals surface area contributed by atoms with Crippen molar-refractivity contribution in [2.75, 3.05) is 7.11 Å². The van der Waals surface area contributed by atoms with Crippen molar-refractivity contribution < 1.29 is 9.53 Å². The molecule has 0 saturated carbocycles. The number of carbonyl (C=O) groups excluding carboxylic acids is 1. The predicted octanol–water partition coefficient (Wildman–Crippen LogP) is 2.43. The molecule has 1 aromatic carbocycles. The summed E-state index contributed by atoms with van der Waals surface area (Å²) >= 11 is 1.50. The second kappa shape index (κ2) is 7.22. The molecule has 3 aromatic rings. The van der Waals surface area contributed by atoms with Crippen molar-refractivity contribution in [1.29, 1.82) is 0 Å². The molecule has 0 aliphatic heterocycles. The van der Waals surface area contributed by atoms with Gasteiger partial charge in [-0.2, -0.15) is 5.10 Å². The summed E-state index contributed by atoms with van der Waals surface area (Å²) in [6.07, 6.45) is 2.36. The third-order valence-electron chi connectivity index (χ3n) is 3.45. The standard InChI is InChI=1S/C16H17N5O2S/c1-3-13-19-20-14(24-13)9-17-16(22)12-8-18-21-15(12)10-5-4-6-11(7-10)23-2/h4-8H,3,9H2,1-2H3,(H,17,22)(H,18,21). The molecule has 0 aliphatic rings. The van der Waals surface area contributed by atoms with Gasteiger partial charge in [-0.05, 0) is 18.6 Å². The lowest BCUT2D eigenvalue weighted by molar-refractivity contribution is 0.0951. The Labute approximate surface area is 143 Å². The number of hydrogen-bond acceptors (Lipinski definition) is 6. The third kappa shape index (κ3) is 3.43. The molecule has 8 heteroatoms. The van der Waals surface area contributed by atoms with Gasteiger partial charge in [-0.3, -0.25) is 9.89 Å². The predicted molar refractivity (Wildman–Crippen MR) is 91.0 cm³/mol. The first-order valence-corrected chi connectivity index (χ1v) is 8.30. The lowest BCUT2D eigenvalue weighted by atomic mass is 10.1. The lowest BCUT2D eigenvalue weighted by Gasteiger charge is -2.06. The smallest absolute Gasteiger partial charge is 0.255 e. The van der Waals surface area contributed by atoms with Crippen molar-refractivity contribution in [3.05, 3.63) is 46.0 Å². The van der Waals surface area contributed by atoms with Gasteiger partial charge < -0.3 is 10.1 Å². The van der Waals surface area contributed by atoms with Gasteiger partial charge in [-0.15, -0.1) is 10.2 Å². The molecule has 0 radical (unpaired) electrons. The highest BCUT2D eigenvalue weighted by molar-refractivity contribution is 7.11. The van der Waals surface area contributed by atoms with Crippen LogP contribution in [0.15, 0.2) is 30.5 Å². The first kappa shape index (κ1) is 16.1. The number of benzene rings is 1. The highest BCUT2D eigenvalue weighted by atomic mass is 32.1. The largest absolute Gasteiger partial charge is 0.497 e. The zero-order chi connectivity index (χ0) is 16.9. The van der Waals surface area contributed by atoms with E-state index in [9.17, 15) is 4.79 Å². The van der Waals surface area contributed by atoms with Crippen molar-refractivity contribution in [3.8, 4) is 17.0 Å². The summed E-state index contributed by atoms with van der Waals surface area (Å²) in [5.74, 6) is 0.504.